The fourth-order valence-corrected chi connectivity index (χ4v) is 7.45. The van der Waals surface area contributed by atoms with Crippen molar-refractivity contribution < 1.29 is 19.7 Å². The summed E-state index contributed by atoms with van der Waals surface area (Å²) in [5, 5.41) is 21.4. The maximum absolute atomic E-state index is 12.1. The molecule has 2 heterocycles. The number of aliphatic hydroxyl groups is 2. The van der Waals surface area contributed by atoms with Crippen LogP contribution in [0.25, 0.3) is 0 Å². The molecule has 0 spiro atoms. The smallest absolute Gasteiger partial charge is 0.155 e. The van der Waals surface area contributed by atoms with Gasteiger partial charge in [0.15, 0.2) is 6.29 Å². The summed E-state index contributed by atoms with van der Waals surface area (Å²) in [4.78, 5) is 2.38. The van der Waals surface area contributed by atoms with Crippen molar-refractivity contribution in [1.82, 2.24) is 4.90 Å². The number of piperidine rings is 1. The normalized spacial score (nSPS) is 19.4. The van der Waals surface area contributed by atoms with Gasteiger partial charge in [-0.15, -0.1) is 0 Å². The molecule has 2 aliphatic rings. The van der Waals surface area contributed by atoms with Crippen LogP contribution in [0.3, 0.4) is 0 Å². The number of nitrogens with zero attached hydrogens (tertiary/aromatic N) is 1. The molecular formula is C47H61NO4. The summed E-state index contributed by atoms with van der Waals surface area (Å²) < 4.78 is 11.2. The van der Waals surface area contributed by atoms with Crippen LogP contribution in [0, 0.1) is 5.92 Å². The van der Waals surface area contributed by atoms with E-state index in [-0.39, 0.29) is 29.0 Å². The van der Waals surface area contributed by atoms with Crippen LogP contribution in [0.5, 0.6) is 0 Å². The molecule has 2 fully saturated rings. The molecule has 2 aliphatic heterocycles. The van der Waals surface area contributed by atoms with E-state index in [9.17, 15) is 10.2 Å². The van der Waals surface area contributed by atoms with Gasteiger partial charge in [-0.2, -0.15) is 0 Å². The summed E-state index contributed by atoms with van der Waals surface area (Å²) in [6, 6.07) is 37.7. The van der Waals surface area contributed by atoms with Crippen molar-refractivity contribution in [3.63, 3.8) is 0 Å². The average molecular weight is 704 g/mol. The van der Waals surface area contributed by atoms with Crippen molar-refractivity contribution in [1.29, 1.82) is 0 Å². The number of hydrogen-bond acceptors (Lipinski definition) is 5. The summed E-state index contributed by atoms with van der Waals surface area (Å²) in [7, 11) is 1.79. The highest BCUT2D eigenvalue weighted by molar-refractivity contribution is 5.37. The number of likely N-dealkylation sites (tertiary alicyclic amines) is 1. The van der Waals surface area contributed by atoms with Crippen molar-refractivity contribution in [3.05, 3.63) is 155 Å². The van der Waals surface area contributed by atoms with Crippen molar-refractivity contribution >= 4 is 0 Å². The Hall–Kier alpha value is -3.74. The van der Waals surface area contributed by atoms with Crippen molar-refractivity contribution in [3.8, 4) is 0 Å². The predicted octanol–water partition coefficient (Wildman–Crippen LogP) is 10.4. The lowest BCUT2D eigenvalue weighted by Gasteiger charge is -2.42. The second kappa shape index (κ2) is 17.4. The molecule has 3 atom stereocenters. The zero-order valence-corrected chi connectivity index (χ0v) is 32.5. The van der Waals surface area contributed by atoms with Gasteiger partial charge in [0.2, 0.25) is 0 Å². The highest BCUT2D eigenvalue weighted by Gasteiger charge is 2.41. The Labute approximate surface area is 313 Å². The molecule has 0 bridgehead atoms. The van der Waals surface area contributed by atoms with Crippen molar-refractivity contribution in [2.45, 2.75) is 109 Å². The van der Waals surface area contributed by atoms with Crippen molar-refractivity contribution in [2.24, 2.45) is 5.92 Å². The summed E-state index contributed by atoms with van der Waals surface area (Å²) in [5.41, 5.74) is 6.37. The highest BCUT2D eigenvalue weighted by atomic mass is 16.6. The Bertz CT molecular complexity index is 1620. The number of benzene rings is 4. The lowest BCUT2D eigenvalue weighted by atomic mass is 9.72. The Morgan fingerprint density at radius 1 is 0.692 bits per heavy atom. The van der Waals surface area contributed by atoms with Crippen molar-refractivity contribution in [2.75, 3.05) is 20.2 Å². The molecule has 4 aromatic rings. The summed E-state index contributed by atoms with van der Waals surface area (Å²) in [6.45, 7) is 15.2. The minimum atomic E-state index is -0.974. The SMILES string of the molecule is CC(C)(C)c1ccc(C2CCC(O)O2)cc1.COC(C/C=C/N1CCC(C(O)(c2ccccc2)c2ccccc2)CC1)c1ccc(C(C)(C)C)cc1. The predicted molar refractivity (Wildman–Crippen MR) is 213 cm³/mol. The van der Waals surface area contributed by atoms with Gasteiger partial charge in [0.05, 0.1) is 12.2 Å². The highest BCUT2D eigenvalue weighted by Crippen LogP contribution is 2.42. The fourth-order valence-electron chi connectivity index (χ4n) is 7.45. The molecule has 0 aromatic heterocycles. The van der Waals surface area contributed by atoms with Gasteiger partial charge >= 0.3 is 0 Å². The van der Waals surface area contributed by atoms with Gasteiger partial charge in [-0.05, 0) is 82.0 Å². The lowest BCUT2D eigenvalue weighted by molar-refractivity contribution is -0.0914. The molecule has 0 radical (unpaired) electrons. The summed E-state index contributed by atoms with van der Waals surface area (Å²) >= 11 is 0. The standard InChI is InChI=1S/C33H41NO2.C14H20O2/c1-32(2,3)27-19-17-26(18-20-27)31(36-4)16-11-23-34-24-21-30(22-25-34)33(35,28-12-7-5-8-13-28)29-14-9-6-10-15-29;1-14(2,3)11-6-4-10(5-7-11)12-8-9-13(15)16-12/h5-15,17-20,23,30-31,35H,16,21-22,24-25H2,1-4H3;4-7,12-13,15H,8-9H2,1-3H3/b23-11+;. The first-order chi connectivity index (χ1) is 24.8. The van der Waals surface area contributed by atoms with Crippen LogP contribution in [-0.4, -0.2) is 41.6 Å². The van der Waals surface area contributed by atoms with Crippen LogP contribution < -0.4 is 0 Å². The molecule has 3 unspecified atom stereocenters. The van der Waals surface area contributed by atoms with Crippen LogP contribution in [0.2, 0.25) is 0 Å². The lowest BCUT2D eigenvalue weighted by Crippen LogP contribution is -2.43. The number of hydrogen-bond donors (Lipinski definition) is 2. The van der Waals surface area contributed by atoms with E-state index in [4.69, 9.17) is 9.47 Å². The van der Waals surface area contributed by atoms with E-state index in [1.807, 2.05) is 36.4 Å². The van der Waals surface area contributed by atoms with E-state index >= 15 is 0 Å². The van der Waals surface area contributed by atoms with Gasteiger partial charge in [-0.25, -0.2) is 0 Å². The Morgan fingerprint density at radius 3 is 1.63 bits per heavy atom. The molecule has 4 aromatic carbocycles. The Balaban J connectivity index is 0.000000272. The molecule has 0 saturated carbocycles. The molecule has 0 aliphatic carbocycles. The van der Waals surface area contributed by atoms with Gasteiger partial charge in [-0.3, -0.25) is 0 Å². The minimum Gasteiger partial charge on any atom is -0.380 e. The second-order valence-corrected chi connectivity index (χ2v) is 16.6. The van der Waals surface area contributed by atoms with E-state index < -0.39 is 11.9 Å². The Morgan fingerprint density at radius 2 is 1.19 bits per heavy atom. The van der Waals surface area contributed by atoms with Gasteiger partial charge in [0, 0.05) is 26.6 Å². The molecule has 6 rings (SSSR count). The minimum absolute atomic E-state index is 0.0501. The molecule has 5 nitrogen and oxygen atoms in total. The molecular weight excluding hydrogens is 643 g/mol. The second-order valence-electron chi connectivity index (χ2n) is 16.6. The first-order valence-electron chi connectivity index (χ1n) is 19.1. The number of rotatable bonds is 9. The first kappa shape index (κ1) is 39.5. The van der Waals surface area contributed by atoms with E-state index in [1.165, 1.54) is 22.3 Å². The van der Waals surface area contributed by atoms with Crippen LogP contribution in [0.4, 0.5) is 0 Å². The van der Waals surface area contributed by atoms with E-state index in [0.29, 0.717) is 0 Å². The van der Waals surface area contributed by atoms with Gasteiger partial charge in [0.25, 0.3) is 0 Å². The van der Waals surface area contributed by atoms with Crippen LogP contribution in [0.1, 0.15) is 119 Å². The molecule has 0 amide bonds. The summed E-state index contributed by atoms with van der Waals surface area (Å²) in [5.74, 6) is 0.167. The van der Waals surface area contributed by atoms with Crippen LogP contribution in [0.15, 0.2) is 121 Å². The third kappa shape index (κ3) is 10.0. The maximum Gasteiger partial charge on any atom is 0.155 e. The molecule has 278 valence electrons. The number of ether oxygens (including phenoxy) is 2. The van der Waals surface area contributed by atoms with E-state index in [1.54, 1.807) is 7.11 Å². The third-order valence-corrected chi connectivity index (χ3v) is 10.8. The van der Waals surface area contributed by atoms with Crippen LogP contribution in [-0.2, 0) is 25.9 Å². The number of methoxy groups -OCH3 is 1. The van der Waals surface area contributed by atoms with E-state index in [2.05, 4.69) is 132 Å². The van der Waals surface area contributed by atoms with Gasteiger partial charge in [-0.1, -0.05) is 157 Å². The average Bonchev–Trinajstić information content (AvgIpc) is 3.60. The zero-order chi connectivity index (χ0) is 37.4. The van der Waals surface area contributed by atoms with Gasteiger partial charge < -0.3 is 24.6 Å². The maximum atomic E-state index is 12.1. The fraction of sp³-hybridized carbons (Fsp3) is 0.447. The largest absolute Gasteiger partial charge is 0.380 e. The topological polar surface area (TPSA) is 62.2 Å². The van der Waals surface area contributed by atoms with E-state index in [0.717, 1.165) is 56.3 Å². The third-order valence-electron chi connectivity index (χ3n) is 10.8. The number of aliphatic hydroxyl groups excluding tert-OH is 1. The molecule has 5 heteroatoms. The first-order valence-corrected chi connectivity index (χ1v) is 19.1. The van der Waals surface area contributed by atoms with Crippen LogP contribution >= 0.6 is 0 Å². The Kier molecular flexibility index (Phi) is 13.2. The monoisotopic (exact) mass is 703 g/mol. The summed E-state index contributed by atoms with van der Waals surface area (Å²) in [6.07, 6.45) is 8.36. The molecule has 52 heavy (non-hydrogen) atoms. The zero-order valence-electron chi connectivity index (χ0n) is 32.5. The van der Waals surface area contributed by atoms with Gasteiger partial charge in [0.1, 0.15) is 5.60 Å². The quantitative estimate of drug-likeness (QED) is 0.182. The molecule has 2 N–H and O–H groups in total. The molecule has 2 saturated heterocycles.